The van der Waals surface area contributed by atoms with Crippen molar-refractivity contribution in [1.82, 2.24) is 5.32 Å². The highest BCUT2D eigenvalue weighted by Crippen LogP contribution is 2.21. The van der Waals surface area contributed by atoms with Crippen LogP contribution in [0.1, 0.15) is 27.7 Å². The van der Waals surface area contributed by atoms with Gasteiger partial charge >= 0.3 is 0 Å². The van der Waals surface area contributed by atoms with Crippen LogP contribution in [-0.4, -0.2) is 17.6 Å². The molecule has 0 fully saturated rings. The lowest BCUT2D eigenvalue weighted by atomic mass is 10.1. The van der Waals surface area contributed by atoms with Crippen LogP contribution in [0.4, 0.5) is 4.39 Å². The Bertz CT molecular complexity index is 443. The molecule has 0 aliphatic carbocycles. The van der Waals surface area contributed by atoms with Gasteiger partial charge in [0.05, 0.1) is 4.47 Å². The number of ether oxygens (including phenoxy) is 1. The molecule has 100 valence electrons. The second-order valence-corrected chi connectivity index (χ2v) is 5.93. The Morgan fingerprint density at radius 2 is 2.06 bits per heavy atom. The van der Waals surface area contributed by atoms with Crippen molar-refractivity contribution in [3.05, 3.63) is 28.5 Å². The van der Waals surface area contributed by atoms with E-state index in [-0.39, 0.29) is 11.4 Å². The number of rotatable bonds is 3. The van der Waals surface area contributed by atoms with Crippen molar-refractivity contribution < 1.29 is 13.9 Å². The molecule has 0 bridgehead atoms. The first-order chi connectivity index (χ1) is 8.19. The molecular weight excluding hydrogens is 301 g/mol. The van der Waals surface area contributed by atoms with E-state index in [0.29, 0.717) is 10.2 Å². The zero-order chi connectivity index (χ0) is 13.9. The summed E-state index contributed by atoms with van der Waals surface area (Å²) >= 11 is 3.05. The lowest BCUT2D eigenvalue weighted by Crippen LogP contribution is -2.46. The van der Waals surface area contributed by atoms with Gasteiger partial charge < -0.3 is 10.1 Å². The molecule has 0 aromatic heterocycles. The molecule has 0 radical (unpaired) electrons. The summed E-state index contributed by atoms with van der Waals surface area (Å²) in [6.07, 6.45) is -0.676. The van der Waals surface area contributed by atoms with E-state index < -0.39 is 11.9 Å². The minimum atomic E-state index is -0.676. The third-order valence-electron chi connectivity index (χ3n) is 2.07. The highest BCUT2D eigenvalue weighted by molar-refractivity contribution is 9.10. The minimum Gasteiger partial charge on any atom is -0.481 e. The van der Waals surface area contributed by atoms with Gasteiger partial charge in [0.25, 0.3) is 5.91 Å². The maximum atomic E-state index is 13.3. The molecule has 1 rings (SSSR count). The lowest BCUT2D eigenvalue weighted by Gasteiger charge is -2.23. The van der Waals surface area contributed by atoms with Crippen LogP contribution in [0, 0.1) is 5.82 Å². The van der Waals surface area contributed by atoms with Crippen molar-refractivity contribution in [2.24, 2.45) is 0 Å². The number of hydrogen-bond acceptors (Lipinski definition) is 2. The standard InChI is InChI=1S/C13H17BrFNO2/c1-8(12(17)16-13(2,3)4)18-9-5-6-10(14)11(15)7-9/h5-8H,1-4H3,(H,16,17). The van der Waals surface area contributed by atoms with E-state index in [4.69, 9.17) is 4.74 Å². The molecule has 1 atom stereocenters. The van der Waals surface area contributed by atoms with Crippen LogP contribution in [0.2, 0.25) is 0 Å². The van der Waals surface area contributed by atoms with Crippen molar-refractivity contribution in [3.63, 3.8) is 0 Å². The van der Waals surface area contributed by atoms with Gasteiger partial charge in [0, 0.05) is 11.6 Å². The quantitative estimate of drug-likeness (QED) is 0.929. The summed E-state index contributed by atoms with van der Waals surface area (Å²) in [5.41, 5.74) is -0.320. The van der Waals surface area contributed by atoms with E-state index in [1.165, 1.54) is 6.07 Å². The molecular formula is C13H17BrFNO2. The monoisotopic (exact) mass is 317 g/mol. The molecule has 0 saturated heterocycles. The molecule has 1 N–H and O–H groups in total. The van der Waals surface area contributed by atoms with Crippen LogP contribution in [0.5, 0.6) is 5.75 Å². The summed E-state index contributed by atoms with van der Waals surface area (Å²) in [7, 11) is 0. The molecule has 1 unspecified atom stereocenters. The fourth-order valence-corrected chi connectivity index (χ4v) is 1.53. The average Bonchev–Trinajstić information content (AvgIpc) is 2.21. The summed E-state index contributed by atoms with van der Waals surface area (Å²) in [4.78, 5) is 11.8. The van der Waals surface area contributed by atoms with Crippen LogP contribution in [0.15, 0.2) is 22.7 Å². The van der Waals surface area contributed by atoms with Gasteiger partial charge in [-0.15, -0.1) is 0 Å². The smallest absolute Gasteiger partial charge is 0.261 e. The third kappa shape index (κ3) is 4.64. The molecule has 1 amide bonds. The Balaban J connectivity index is 2.66. The topological polar surface area (TPSA) is 38.3 Å². The number of carbonyl (C=O) groups excluding carboxylic acids is 1. The van der Waals surface area contributed by atoms with Gasteiger partial charge in [-0.2, -0.15) is 0 Å². The Morgan fingerprint density at radius 3 is 2.56 bits per heavy atom. The molecule has 5 heteroatoms. The van der Waals surface area contributed by atoms with Gasteiger partial charge in [0.2, 0.25) is 0 Å². The maximum Gasteiger partial charge on any atom is 0.261 e. The van der Waals surface area contributed by atoms with E-state index in [9.17, 15) is 9.18 Å². The number of carbonyl (C=O) groups is 1. The van der Waals surface area contributed by atoms with Gasteiger partial charge in [-0.1, -0.05) is 0 Å². The first kappa shape index (κ1) is 15.0. The predicted octanol–water partition coefficient (Wildman–Crippen LogP) is 3.27. The second kappa shape index (κ2) is 5.69. The van der Waals surface area contributed by atoms with E-state index >= 15 is 0 Å². The summed E-state index contributed by atoms with van der Waals surface area (Å²) in [5, 5.41) is 2.80. The maximum absolute atomic E-state index is 13.3. The fourth-order valence-electron chi connectivity index (χ4n) is 1.28. The lowest BCUT2D eigenvalue weighted by molar-refractivity contribution is -0.128. The largest absolute Gasteiger partial charge is 0.481 e. The van der Waals surface area contributed by atoms with Crippen molar-refractivity contribution in [2.75, 3.05) is 0 Å². The van der Waals surface area contributed by atoms with E-state index in [2.05, 4.69) is 21.2 Å². The summed E-state index contributed by atoms with van der Waals surface area (Å²) < 4.78 is 19.0. The number of amides is 1. The first-order valence-electron chi connectivity index (χ1n) is 5.63. The van der Waals surface area contributed by atoms with Crippen LogP contribution >= 0.6 is 15.9 Å². The average molecular weight is 318 g/mol. The zero-order valence-corrected chi connectivity index (χ0v) is 12.5. The van der Waals surface area contributed by atoms with E-state index in [0.717, 1.165) is 0 Å². The van der Waals surface area contributed by atoms with E-state index in [1.54, 1.807) is 19.1 Å². The third-order valence-corrected chi connectivity index (χ3v) is 2.71. The van der Waals surface area contributed by atoms with Crippen molar-refractivity contribution >= 4 is 21.8 Å². The number of hydrogen-bond donors (Lipinski definition) is 1. The SMILES string of the molecule is CC(Oc1ccc(Br)c(F)c1)C(=O)NC(C)(C)C. The number of halogens is 2. The van der Waals surface area contributed by atoms with Crippen LogP contribution in [0.3, 0.4) is 0 Å². The summed E-state index contributed by atoms with van der Waals surface area (Å²) in [6, 6.07) is 4.39. The summed E-state index contributed by atoms with van der Waals surface area (Å²) in [6.45, 7) is 7.28. The normalized spacial score (nSPS) is 13.0. The Kier molecular flexibility index (Phi) is 4.73. The molecule has 3 nitrogen and oxygen atoms in total. The highest BCUT2D eigenvalue weighted by Gasteiger charge is 2.20. The van der Waals surface area contributed by atoms with Crippen LogP contribution < -0.4 is 10.1 Å². The van der Waals surface area contributed by atoms with Gasteiger partial charge in [-0.05, 0) is 55.8 Å². The van der Waals surface area contributed by atoms with Crippen LogP contribution in [0.25, 0.3) is 0 Å². The molecule has 1 aromatic rings. The highest BCUT2D eigenvalue weighted by atomic mass is 79.9. The van der Waals surface area contributed by atoms with Gasteiger partial charge in [0.1, 0.15) is 11.6 Å². The van der Waals surface area contributed by atoms with Gasteiger partial charge in [0.15, 0.2) is 6.10 Å². The van der Waals surface area contributed by atoms with Gasteiger partial charge in [-0.3, -0.25) is 4.79 Å². The second-order valence-electron chi connectivity index (χ2n) is 5.08. The zero-order valence-electron chi connectivity index (χ0n) is 10.9. The van der Waals surface area contributed by atoms with E-state index in [1.807, 2.05) is 20.8 Å². The molecule has 0 aliphatic heterocycles. The summed E-state index contributed by atoms with van der Waals surface area (Å²) in [5.74, 6) is -0.325. The Hall–Kier alpha value is -1.10. The molecule has 1 aromatic carbocycles. The Morgan fingerprint density at radius 1 is 1.44 bits per heavy atom. The Labute approximate surface area is 115 Å². The van der Waals surface area contributed by atoms with Crippen molar-refractivity contribution in [1.29, 1.82) is 0 Å². The molecule has 0 heterocycles. The molecule has 18 heavy (non-hydrogen) atoms. The first-order valence-corrected chi connectivity index (χ1v) is 6.42. The minimum absolute atomic E-state index is 0.231. The number of benzene rings is 1. The van der Waals surface area contributed by atoms with Crippen molar-refractivity contribution in [2.45, 2.75) is 39.3 Å². The number of nitrogens with one attached hydrogen (secondary N) is 1. The molecule has 0 saturated carbocycles. The van der Waals surface area contributed by atoms with Gasteiger partial charge in [-0.25, -0.2) is 4.39 Å². The molecule has 0 spiro atoms. The molecule has 0 aliphatic rings. The van der Waals surface area contributed by atoms with Crippen LogP contribution in [-0.2, 0) is 4.79 Å². The predicted molar refractivity (Wildman–Crippen MR) is 72.1 cm³/mol. The van der Waals surface area contributed by atoms with Crippen molar-refractivity contribution in [3.8, 4) is 5.75 Å². The fraction of sp³-hybridized carbons (Fsp3) is 0.462.